The number of rotatable bonds is 11. The number of carbonyl (C=O) groups excluding carboxylic acids is 4. The number of aromatic amines is 2. The standard InChI is InChI=1S/C45H52FN9O7/c1-25(2)38(52-44(58)60-3)42(56)54-15-5-7-36(54)40-49-24-35(51-40)29-11-12-31(32(46)20-29)33-21-27-9-10-28(19-30(27)22-47-33)34-23-48-41(50-34)37-8-6-16-55(37)43(57)39(53-45(59)61-4)26-13-17-62-18-14-26/h9-12,19-26,36-39H,5-8,13-18H2,1-4H3,(H,48,50)(H,49,51)(H,52,58)(H,53,59). The van der Waals surface area contributed by atoms with Crippen LogP contribution in [-0.4, -0.2) is 111 Å². The Balaban J connectivity index is 0.954. The Labute approximate surface area is 358 Å². The molecule has 8 rings (SSSR count). The third-order valence-electron chi connectivity index (χ3n) is 12.3. The van der Waals surface area contributed by atoms with Gasteiger partial charge in [0, 0.05) is 54.6 Å². The number of nitrogens with one attached hydrogen (secondary N) is 4. The third-order valence-corrected chi connectivity index (χ3v) is 12.3. The van der Waals surface area contributed by atoms with Crippen molar-refractivity contribution < 1.29 is 37.8 Å². The maximum atomic E-state index is 15.9. The molecule has 0 radical (unpaired) electrons. The highest BCUT2D eigenvalue weighted by atomic mass is 19.1. The number of pyridine rings is 1. The van der Waals surface area contributed by atoms with E-state index in [0.29, 0.717) is 79.7 Å². The molecule has 3 aromatic heterocycles. The molecule has 16 nitrogen and oxygen atoms in total. The topological polar surface area (TPSA) is 197 Å². The predicted molar refractivity (Wildman–Crippen MR) is 227 cm³/mol. The van der Waals surface area contributed by atoms with E-state index < -0.39 is 30.1 Å². The number of carbonyl (C=O) groups is 4. The Morgan fingerprint density at radius 2 is 1.34 bits per heavy atom. The number of imidazole rings is 2. The number of hydrogen-bond donors (Lipinski definition) is 4. The van der Waals surface area contributed by atoms with Crippen LogP contribution in [0.2, 0.25) is 0 Å². The maximum Gasteiger partial charge on any atom is 0.407 e. The van der Waals surface area contributed by atoms with Crippen LogP contribution in [0.3, 0.4) is 0 Å². The smallest absolute Gasteiger partial charge is 0.407 e. The summed E-state index contributed by atoms with van der Waals surface area (Å²) in [5.41, 5.74) is 3.70. The van der Waals surface area contributed by atoms with Gasteiger partial charge in [-0.1, -0.05) is 32.0 Å². The summed E-state index contributed by atoms with van der Waals surface area (Å²) in [5.74, 6) is 0.262. The predicted octanol–water partition coefficient (Wildman–Crippen LogP) is 6.68. The molecule has 4 atom stereocenters. The van der Waals surface area contributed by atoms with E-state index in [4.69, 9.17) is 19.2 Å². The van der Waals surface area contributed by atoms with Gasteiger partial charge in [-0.05, 0) is 80.0 Å². The molecule has 0 aliphatic carbocycles. The summed E-state index contributed by atoms with van der Waals surface area (Å²) in [6, 6.07) is 10.7. The molecule has 6 heterocycles. The molecule has 3 aliphatic heterocycles. The first-order valence-electron chi connectivity index (χ1n) is 21.2. The largest absolute Gasteiger partial charge is 0.453 e. The number of fused-ring (bicyclic) bond motifs is 1. The number of hydrogen-bond acceptors (Lipinski definition) is 10. The van der Waals surface area contributed by atoms with Gasteiger partial charge in [0.1, 0.15) is 29.5 Å². The fourth-order valence-corrected chi connectivity index (χ4v) is 8.95. The summed E-state index contributed by atoms with van der Waals surface area (Å²) in [4.78, 5) is 76.0. The molecule has 3 aliphatic rings. The fraction of sp³-hybridized carbons (Fsp3) is 0.444. The molecule has 0 spiro atoms. The van der Waals surface area contributed by atoms with Crippen molar-refractivity contribution in [1.82, 2.24) is 45.4 Å². The molecule has 5 aromatic rings. The highest BCUT2D eigenvalue weighted by Crippen LogP contribution is 2.36. The molecule has 3 saturated heterocycles. The lowest BCUT2D eigenvalue weighted by Crippen LogP contribution is -2.53. The van der Waals surface area contributed by atoms with Crippen molar-refractivity contribution in [2.24, 2.45) is 11.8 Å². The van der Waals surface area contributed by atoms with E-state index in [9.17, 15) is 19.2 Å². The Hall–Kier alpha value is -6.36. The number of halogens is 1. The minimum Gasteiger partial charge on any atom is -0.453 e. The van der Waals surface area contributed by atoms with Crippen LogP contribution >= 0.6 is 0 Å². The average Bonchev–Trinajstić information content (AvgIpc) is 4.14. The minimum absolute atomic E-state index is 0.0552. The number of nitrogens with zero attached hydrogens (tertiary/aromatic N) is 5. The highest BCUT2D eigenvalue weighted by molar-refractivity contribution is 5.90. The lowest BCUT2D eigenvalue weighted by molar-refractivity contribution is -0.137. The zero-order valence-electron chi connectivity index (χ0n) is 35.3. The van der Waals surface area contributed by atoms with Crippen molar-refractivity contribution >= 4 is 34.8 Å². The summed E-state index contributed by atoms with van der Waals surface area (Å²) in [6.45, 7) is 5.89. The van der Waals surface area contributed by atoms with E-state index in [1.165, 1.54) is 20.3 Å². The van der Waals surface area contributed by atoms with Gasteiger partial charge >= 0.3 is 12.2 Å². The molecular weight excluding hydrogens is 798 g/mol. The molecular formula is C45H52FN9O7. The number of aromatic nitrogens is 5. The minimum atomic E-state index is -0.746. The van der Waals surface area contributed by atoms with Crippen LogP contribution in [0.1, 0.15) is 76.1 Å². The summed E-state index contributed by atoms with van der Waals surface area (Å²) >= 11 is 0. The molecule has 4 unspecified atom stereocenters. The van der Waals surface area contributed by atoms with Crippen LogP contribution in [0.5, 0.6) is 0 Å². The van der Waals surface area contributed by atoms with Gasteiger partial charge in [0.05, 0.1) is 55.8 Å². The average molecular weight is 850 g/mol. The molecule has 4 N–H and O–H groups in total. The van der Waals surface area contributed by atoms with Gasteiger partial charge in [0.2, 0.25) is 11.8 Å². The Morgan fingerprint density at radius 3 is 1.95 bits per heavy atom. The molecule has 0 saturated carbocycles. The lowest BCUT2D eigenvalue weighted by Gasteiger charge is -2.34. The third kappa shape index (κ3) is 8.71. The van der Waals surface area contributed by atoms with E-state index in [1.54, 1.807) is 29.6 Å². The van der Waals surface area contributed by atoms with Gasteiger partial charge in [-0.2, -0.15) is 0 Å². The zero-order chi connectivity index (χ0) is 43.5. The number of benzene rings is 2. The Morgan fingerprint density at radius 1 is 0.742 bits per heavy atom. The van der Waals surface area contributed by atoms with Crippen LogP contribution in [0.25, 0.3) is 44.5 Å². The van der Waals surface area contributed by atoms with Gasteiger partial charge in [-0.3, -0.25) is 14.6 Å². The first kappa shape index (κ1) is 42.3. The van der Waals surface area contributed by atoms with E-state index in [0.717, 1.165) is 41.3 Å². The van der Waals surface area contributed by atoms with Crippen molar-refractivity contribution in [3.8, 4) is 33.8 Å². The second kappa shape index (κ2) is 18.3. The van der Waals surface area contributed by atoms with Gasteiger partial charge < -0.3 is 44.6 Å². The fourth-order valence-electron chi connectivity index (χ4n) is 8.95. The SMILES string of the molecule is COC(=O)NC(C(=O)N1CCCC1c1ncc(-c2ccc(-c3cc4ccc(-c5cnc(C6CCCN6C(=O)C(NC(=O)OC)C6CCOCC6)[nH]5)cc4cn3)c(F)c2)[nH]1)C(C)C. The normalized spacial score (nSPS) is 19.1. The number of ether oxygens (including phenoxy) is 3. The van der Waals surface area contributed by atoms with Gasteiger partial charge in [-0.25, -0.2) is 23.9 Å². The summed E-state index contributed by atoms with van der Waals surface area (Å²) in [7, 11) is 2.56. The van der Waals surface area contributed by atoms with E-state index in [-0.39, 0.29) is 35.7 Å². The molecule has 62 heavy (non-hydrogen) atoms. The number of amides is 4. The summed E-state index contributed by atoms with van der Waals surface area (Å²) < 4.78 is 31.0. The van der Waals surface area contributed by atoms with Crippen LogP contribution in [-0.2, 0) is 23.8 Å². The monoisotopic (exact) mass is 849 g/mol. The lowest BCUT2D eigenvalue weighted by atomic mass is 9.90. The number of methoxy groups -OCH3 is 2. The van der Waals surface area contributed by atoms with Crippen molar-refractivity contribution in [2.75, 3.05) is 40.5 Å². The van der Waals surface area contributed by atoms with Gasteiger partial charge in [0.25, 0.3) is 0 Å². The summed E-state index contributed by atoms with van der Waals surface area (Å²) in [6.07, 6.45) is 8.20. The van der Waals surface area contributed by atoms with Gasteiger partial charge in [-0.15, -0.1) is 0 Å². The molecule has 3 fully saturated rings. The van der Waals surface area contributed by atoms with Crippen LogP contribution in [0.15, 0.2) is 61.1 Å². The van der Waals surface area contributed by atoms with Crippen molar-refractivity contribution in [3.63, 3.8) is 0 Å². The van der Waals surface area contributed by atoms with E-state index in [1.807, 2.05) is 49.1 Å². The number of alkyl carbamates (subject to hydrolysis) is 2. The first-order chi connectivity index (χ1) is 30.0. The molecule has 4 amide bonds. The van der Waals surface area contributed by atoms with Crippen LogP contribution in [0.4, 0.5) is 14.0 Å². The Kier molecular flexibility index (Phi) is 12.5. The Bertz CT molecular complexity index is 2450. The van der Waals surface area contributed by atoms with Crippen molar-refractivity contribution in [3.05, 3.63) is 78.5 Å². The van der Waals surface area contributed by atoms with E-state index >= 15 is 4.39 Å². The quantitative estimate of drug-likeness (QED) is 0.111. The molecule has 17 heteroatoms. The zero-order valence-corrected chi connectivity index (χ0v) is 35.3. The van der Waals surface area contributed by atoms with Crippen LogP contribution < -0.4 is 10.6 Å². The summed E-state index contributed by atoms with van der Waals surface area (Å²) in [5, 5.41) is 7.19. The molecule has 0 bridgehead atoms. The maximum absolute atomic E-state index is 15.9. The van der Waals surface area contributed by atoms with Gasteiger partial charge in [0.15, 0.2) is 0 Å². The first-order valence-corrected chi connectivity index (χ1v) is 21.2. The molecule has 326 valence electrons. The number of H-pyrrole nitrogens is 2. The van der Waals surface area contributed by atoms with Crippen molar-refractivity contribution in [2.45, 2.75) is 76.5 Å². The number of likely N-dealkylation sites (tertiary alicyclic amines) is 2. The van der Waals surface area contributed by atoms with E-state index in [2.05, 4.69) is 30.6 Å². The molecule has 2 aromatic carbocycles. The highest BCUT2D eigenvalue weighted by Gasteiger charge is 2.41. The van der Waals surface area contributed by atoms with Crippen molar-refractivity contribution in [1.29, 1.82) is 0 Å². The van der Waals surface area contributed by atoms with Crippen LogP contribution in [0, 0.1) is 17.7 Å². The second-order valence-corrected chi connectivity index (χ2v) is 16.5. The second-order valence-electron chi connectivity index (χ2n) is 16.5.